The zero-order chi connectivity index (χ0) is 11.6. The average molecular weight is 227 g/mol. The van der Waals surface area contributed by atoms with E-state index in [1.165, 1.54) is 0 Å². The summed E-state index contributed by atoms with van der Waals surface area (Å²) < 4.78 is 64.1. The third kappa shape index (κ3) is 2.71. The molecule has 15 heavy (non-hydrogen) atoms. The molecule has 1 aromatic carbocycles. The van der Waals surface area contributed by atoms with Crippen molar-refractivity contribution in [3.63, 3.8) is 0 Å². The Morgan fingerprint density at radius 1 is 1.20 bits per heavy atom. The monoisotopic (exact) mass is 227 g/mol. The number of ether oxygens (including phenoxy) is 1. The second-order valence-electron chi connectivity index (χ2n) is 2.59. The minimum absolute atomic E-state index is 0.681. The summed E-state index contributed by atoms with van der Waals surface area (Å²) in [6.07, 6.45) is -4.69. The number of benzene rings is 1. The van der Waals surface area contributed by atoms with E-state index in [0.717, 1.165) is 12.1 Å². The van der Waals surface area contributed by atoms with Gasteiger partial charge in [-0.2, -0.15) is 22.0 Å². The molecule has 0 aliphatic heterocycles. The summed E-state index contributed by atoms with van der Waals surface area (Å²) in [7, 11) is 0. The summed E-state index contributed by atoms with van der Waals surface area (Å²) in [5.74, 6) is -0.681. The molecule has 7 heteroatoms. The zero-order valence-corrected chi connectivity index (χ0v) is 7.18. The van der Waals surface area contributed by atoms with Crippen molar-refractivity contribution in [1.82, 2.24) is 0 Å². The SMILES string of the molecule is Nc1c(OC(F)F)cccc1C(F)(F)F. The molecule has 0 radical (unpaired) electrons. The van der Waals surface area contributed by atoms with E-state index in [4.69, 9.17) is 5.73 Å². The van der Waals surface area contributed by atoms with Gasteiger partial charge in [0, 0.05) is 0 Å². The van der Waals surface area contributed by atoms with Crippen LogP contribution in [0, 0.1) is 0 Å². The molecular weight excluding hydrogens is 221 g/mol. The number of hydrogen-bond acceptors (Lipinski definition) is 2. The van der Waals surface area contributed by atoms with Gasteiger partial charge < -0.3 is 10.5 Å². The number of rotatable bonds is 2. The Balaban J connectivity index is 3.12. The zero-order valence-electron chi connectivity index (χ0n) is 7.18. The third-order valence-corrected chi connectivity index (χ3v) is 1.59. The molecule has 0 aliphatic carbocycles. The van der Waals surface area contributed by atoms with Gasteiger partial charge in [-0.05, 0) is 12.1 Å². The van der Waals surface area contributed by atoms with Crippen LogP contribution in [0.2, 0.25) is 0 Å². The fraction of sp³-hybridized carbons (Fsp3) is 0.250. The fourth-order valence-corrected chi connectivity index (χ4v) is 0.990. The molecule has 0 fully saturated rings. The first kappa shape index (κ1) is 11.5. The molecule has 1 aromatic rings. The number of hydrogen-bond donors (Lipinski definition) is 1. The largest absolute Gasteiger partial charge is 0.433 e. The number of para-hydroxylation sites is 1. The highest BCUT2D eigenvalue weighted by Crippen LogP contribution is 2.38. The van der Waals surface area contributed by atoms with Crippen LogP contribution in [0.1, 0.15) is 5.56 Å². The second-order valence-corrected chi connectivity index (χ2v) is 2.59. The molecule has 84 valence electrons. The van der Waals surface area contributed by atoms with E-state index in [-0.39, 0.29) is 0 Å². The smallest absolute Gasteiger partial charge is 0.418 e. The van der Waals surface area contributed by atoms with Gasteiger partial charge in [0.15, 0.2) is 0 Å². The molecule has 0 spiro atoms. The first-order valence-corrected chi connectivity index (χ1v) is 3.73. The van der Waals surface area contributed by atoms with Gasteiger partial charge in [-0.3, -0.25) is 0 Å². The van der Waals surface area contributed by atoms with Crippen LogP contribution in [0.4, 0.5) is 27.6 Å². The quantitative estimate of drug-likeness (QED) is 0.622. The Labute approximate surface area is 81.4 Å². The van der Waals surface area contributed by atoms with Crippen LogP contribution in [-0.4, -0.2) is 6.61 Å². The average Bonchev–Trinajstić information content (AvgIpc) is 2.05. The van der Waals surface area contributed by atoms with Gasteiger partial charge in [-0.1, -0.05) is 6.07 Å². The van der Waals surface area contributed by atoms with Crippen molar-refractivity contribution in [2.45, 2.75) is 12.8 Å². The lowest BCUT2D eigenvalue weighted by Crippen LogP contribution is -2.11. The van der Waals surface area contributed by atoms with E-state index in [1.807, 2.05) is 0 Å². The molecular formula is C8H6F5NO. The van der Waals surface area contributed by atoms with Crippen LogP contribution in [0.15, 0.2) is 18.2 Å². The van der Waals surface area contributed by atoms with Crippen molar-refractivity contribution in [2.75, 3.05) is 5.73 Å². The molecule has 0 amide bonds. The van der Waals surface area contributed by atoms with Crippen LogP contribution in [0.3, 0.4) is 0 Å². The first-order valence-electron chi connectivity index (χ1n) is 3.73. The molecule has 0 atom stereocenters. The first-order chi connectivity index (χ1) is 6.82. The maximum atomic E-state index is 12.2. The lowest BCUT2D eigenvalue weighted by Gasteiger charge is -2.13. The van der Waals surface area contributed by atoms with E-state index >= 15 is 0 Å². The Morgan fingerprint density at radius 2 is 1.80 bits per heavy atom. The Kier molecular flexibility index (Phi) is 3.01. The maximum absolute atomic E-state index is 12.2. The summed E-state index contributed by atoms with van der Waals surface area (Å²) in [6, 6.07) is 2.57. The number of alkyl halides is 5. The van der Waals surface area contributed by atoms with Gasteiger partial charge >= 0.3 is 12.8 Å². The summed E-state index contributed by atoms with van der Waals surface area (Å²) in [5, 5.41) is 0. The Morgan fingerprint density at radius 3 is 2.27 bits per heavy atom. The summed E-state index contributed by atoms with van der Waals surface area (Å²) in [6.45, 7) is -3.21. The molecule has 2 N–H and O–H groups in total. The lowest BCUT2D eigenvalue weighted by molar-refractivity contribution is -0.137. The number of anilines is 1. The molecule has 0 aliphatic rings. The van der Waals surface area contributed by atoms with Crippen LogP contribution in [-0.2, 0) is 6.18 Å². The van der Waals surface area contributed by atoms with E-state index in [9.17, 15) is 22.0 Å². The Bertz CT molecular complexity index is 349. The molecule has 0 saturated heterocycles. The fourth-order valence-electron chi connectivity index (χ4n) is 0.990. The van der Waals surface area contributed by atoms with Crippen LogP contribution >= 0.6 is 0 Å². The van der Waals surface area contributed by atoms with Gasteiger partial charge in [0.25, 0.3) is 0 Å². The topological polar surface area (TPSA) is 35.2 Å². The van der Waals surface area contributed by atoms with Gasteiger partial charge in [-0.15, -0.1) is 0 Å². The van der Waals surface area contributed by atoms with E-state index in [2.05, 4.69) is 4.74 Å². The Hall–Kier alpha value is -1.53. The normalized spacial score (nSPS) is 11.9. The number of halogens is 5. The molecule has 0 heterocycles. The standard InChI is InChI=1S/C8H6F5NO/c9-7(10)15-5-3-1-2-4(6(5)14)8(11,12)13/h1-3,7H,14H2. The van der Waals surface area contributed by atoms with Gasteiger partial charge in [-0.25, -0.2) is 0 Å². The van der Waals surface area contributed by atoms with Crippen molar-refractivity contribution in [1.29, 1.82) is 0 Å². The highest BCUT2D eigenvalue weighted by molar-refractivity contribution is 5.59. The summed E-state index contributed by atoms with van der Waals surface area (Å²) in [4.78, 5) is 0. The molecule has 0 saturated carbocycles. The van der Waals surface area contributed by atoms with Crippen molar-refractivity contribution in [2.24, 2.45) is 0 Å². The minimum Gasteiger partial charge on any atom is -0.433 e. The molecule has 0 unspecified atom stereocenters. The predicted molar refractivity (Wildman–Crippen MR) is 42.5 cm³/mol. The van der Waals surface area contributed by atoms with Crippen LogP contribution < -0.4 is 10.5 Å². The molecule has 0 aromatic heterocycles. The molecule has 0 bridgehead atoms. The van der Waals surface area contributed by atoms with Gasteiger partial charge in [0.05, 0.1) is 11.3 Å². The second kappa shape index (κ2) is 3.92. The lowest BCUT2D eigenvalue weighted by atomic mass is 10.1. The van der Waals surface area contributed by atoms with Crippen LogP contribution in [0.5, 0.6) is 5.75 Å². The molecule has 1 rings (SSSR count). The maximum Gasteiger partial charge on any atom is 0.418 e. The number of nitrogens with two attached hydrogens (primary N) is 1. The highest BCUT2D eigenvalue weighted by Gasteiger charge is 2.34. The van der Waals surface area contributed by atoms with Gasteiger partial charge in [0.2, 0.25) is 0 Å². The van der Waals surface area contributed by atoms with Crippen molar-refractivity contribution >= 4 is 5.69 Å². The van der Waals surface area contributed by atoms with Crippen molar-refractivity contribution < 1.29 is 26.7 Å². The summed E-state index contributed by atoms with van der Waals surface area (Å²) in [5.41, 5.74) is 3.00. The van der Waals surface area contributed by atoms with Crippen molar-refractivity contribution in [3.05, 3.63) is 23.8 Å². The number of nitrogen functional groups attached to an aromatic ring is 1. The van der Waals surface area contributed by atoms with Crippen LogP contribution in [0.25, 0.3) is 0 Å². The van der Waals surface area contributed by atoms with Gasteiger partial charge in [0.1, 0.15) is 5.75 Å². The van der Waals surface area contributed by atoms with E-state index in [1.54, 1.807) is 0 Å². The predicted octanol–water partition coefficient (Wildman–Crippen LogP) is 2.89. The summed E-state index contributed by atoms with van der Waals surface area (Å²) >= 11 is 0. The van der Waals surface area contributed by atoms with Crippen molar-refractivity contribution in [3.8, 4) is 5.75 Å². The highest BCUT2D eigenvalue weighted by atomic mass is 19.4. The van der Waals surface area contributed by atoms with E-state index in [0.29, 0.717) is 6.07 Å². The third-order valence-electron chi connectivity index (χ3n) is 1.59. The minimum atomic E-state index is -4.69. The molecule has 2 nitrogen and oxygen atoms in total. The van der Waals surface area contributed by atoms with E-state index < -0.39 is 29.8 Å².